The first-order valence-corrected chi connectivity index (χ1v) is 11.4. The number of nitrogens with zero attached hydrogens (tertiary/aromatic N) is 3. The summed E-state index contributed by atoms with van der Waals surface area (Å²) in [6.45, 7) is 3.80. The Hall–Kier alpha value is -3.32. The molecule has 0 spiro atoms. The molecule has 158 valence electrons. The summed E-state index contributed by atoms with van der Waals surface area (Å²) >= 11 is 1.62. The van der Waals surface area contributed by atoms with Crippen molar-refractivity contribution < 1.29 is 9.53 Å². The quantitative estimate of drug-likeness (QED) is 0.492. The molecule has 1 N–H and O–H groups in total. The molecule has 2 aromatic heterocycles. The second-order valence-corrected chi connectivity index (χ2v) is 8.45. The molecule has 1 aliphatic heterocycles. The van der Waals surface area contributed by atoms with E-state index in [1.54, 1.807) is 11.3 Å². The van der Waals surface area contributed by atoms with E-state index in [0.717, 1.165) is 39.8 Å². The smallest absolute Gasteiger partial charge is 0.262 e. The number of ether oxygens (including phenoxy) is 1. The van der Waals surface area contributed by atoms with Gasteiger partial charge in [-0.1, -0.05) is 49.4 Å². The zero-order valence-electron chi connectivity index (χ0n) is 17.3. The number of hydrogen-bond acceptors (Lipinski definition) is 5. The van der Waals surface area contributed by atoms with Gasteiger partial charge in [0.25, 0.3) is 5.91 Å². The summed E-state index contributed by atoms with van der Waals surface area (Å²) in [6.07, 6.45) is 2.41. The van der Waals surface area contributed by atoms with Crippen molar-refractivity contribution in [2.24, 2.45) is 0 Å². The van der Waals surface area contributed by atoms with Crippen molar-refractivity contribution in [3.8, 4) is 17.0 Å². The van der Waals surface area contributed by atoms with Crippen LogP contribution in [0.2, 0.25) is 0 Å². The highest BCUT2D eigenvalue weighted by Gasteiger charge is 2.31. The lowest BCUT2D eigenvalue weighted by atomic mass is 10.1. The Balaban J connectivity index is 1.52. The van der Waals surface area contributed by atoms with Gasteiger partial charge in [-0.25, -0.2) is 4.98 Å². The van der Waals surface area contributed by atoms with Gasteiger partial charge >= 0.3 is 0 Å². The zero-order valence-corrected chi connectivity index (χ0v) is 18.1. The molecule has 0 saturated heterocycles. The number of rotatable bonds is 6. The van der Waals surface area contributed by atoms with Crippen LogP contribution in [0.15, 0.2) is 66.2 Å². The van der Waals surface area contributed by atoms with Gasteiger partial charge < -0.3 is 15.0 Å². The van der Waals surface area contributed by atoms with Gasteiger partial charge in [0.05, 0.1) is 30.2 Å². The minimum Gasteiger partial charge on any atom is -0.477 e. The van der Waals surface area contributed by atoms with Crippen LogP contribution >= 0.6 is 11.3 Å². The van der Waals surface area contributed by atoms with Crippen molar-refractivity contribution in [2.75, 3.05) is 18.0 Å². The Labute approximate surface area is 185 Å². The summed E-state index contributed by atoms with van der Waals surface area (Å²) < 4.78 is 8.20. The molecule has 0 saturated carbocycles. The van der Waals surface area contributed by atoms with E-state index < -0.39 is 6.10 Å². The van der Waals surface area contributed by atoms with E-state index in [2.05, 4.69) is 38.3 Å². The average Bonchev–Trinajstić information content (AvgIpc) is 3.40. The third-order valence-corrected chi connectivity index (χ3v) is 6.21. The molecule has 6 nitrogen and oxygen atoms in total. The van der Waals surface area contributed by atoms with E-state index in [4.69, 9.17) is 9.72 Å². The number of thiazole rings is 1. The fourth-order valence-electron chi connectivity index (χ4n) is 3.95. The Morgan fingerprint density at radius 3 is 2.84 bits per heavy atom. The monoisotopic (exact) mass is 432 g/mol. The summed E-state index contributed by atoms with van der Waals surface area (Å²) in [4.78, 5) is 20.8. The van der Waals surface area contributed by atoms with Gasteiger partial charge in [-0.2, -0.15) is 0 Å². The van der Waals surface area contributed by atoms with E-state index >= 15 is 0 Å². The molecule has 0 aliphatic carbocycles. The van der Waals surface area contributed by atoms with Gasteiger partial charge in [0.2, 0.25) is 0 Å². The lowest BCUT2D eigenvalue weighted by Crippen LogP contribution is -2.49. The summed E-state index contributed by atoms with van der Waals surface area (Å²) in [5.41, 5.74) is 4.16. The molecular formula is C24H24N4O2S. The second-order valence-electron chi connectivity index (χ2n) is 7.57. The van der Waals surface area contributed by atoms with Crippen LogP contribution in [0.5, 0.6) is 5.75 Å². The number of nitrogens with one attached hydrogen (secondary N) is 1. The topological polar surface area (TPSA) is 58.9 Å². The van der Waals surface area contributed by atoms with Crippen LogP contribution in [0.4, 0.5) is 5.69 Å². The van der Waals surface area contributed by atoms with Gasteiger partial charge in [-0.05, 0) is 18.6 Å². The molecule has 1 atom stereocenters. The number of para-hydroxylation sites is 2. The molecule has 4 aromatic rings. The normalized spacial score (nSPS) is 15.5. The minimum atomic E-state index is -0.549. The predicted octanol–water partition coefficient (Wildman–Crippen LogP) is 4.36. The van der Waals surface area contributed by atoms with E-state index in [0.29, 0.717) is 19.6 Å². The van der Waals surface area contributed by atoms with Gasteiger partial charge in [0.15, 0.2) is 11.1 Å². The van der Waals surface area contributed by atoms with E-state index in [1.807, 2.05) is 49.4 Å². The number of imidazole rings is 1. The number of carbonyl (C=O) groups excluding carboxylic acids is 1. The lowest BCUT2D eigenvalue weighted by molar-refractivity contribution is -0.127. The highest BCUT2D eigenvalue weighted by Crippen LogP contribution is 2.36. The largest absolute Gasteiger partial charge is 0.477 e. The number of aromatic nitrogens is 2. The molecule has 31 heavy (non-hydrogen) atoms. The van der Waals surface area contributed by atoms with Crippen LogP contribution in [0.1, 0.15) is 19.0 Å². The molecule has 1 aliphatic rings. The Morgan fingerprint density at radius 2 is 2.00 bits per heavy atom. The van der Waals surface area contributed by atoms with Crippen molar-refractivity contribution >= 4 is 27.9 Å². The lowest BCUT2D eigenvalue weighted by Gasteiger charge is -2.35. The molecule has 7 heteroatoms. The first-order chi connectivity index (χ1) is 15.2. The van der Waals surface area contributed by atoms with Gasteiger partial charge in [0, 0.05) is 23.7 Å². The van der Waals surface area contributed by atoms with Crippen LogP contribution in [0, 0.1) is 0 Å². The summed E-state index contributed by atoms with van der Waals surface area (Å²) in [5.74, 6) is 0.663. The molecule has 0 radical (unpaired) electrons. The van der Waals surface area contributed by atoms with E-state index in [-0.39, 0.29) is 5.91 Å². The number of benzene rings is 2. The third-order valence-electron chi connectivity index (χ3n) is 5.45. The van der Waals surface area contributed by atoms with Crippen LogP contribution in [-0.2, 0) is 11.3 Å². The van der Waals surface area contributed by atoms with Crippen molar-refractivity contribution in [2.45, 2.75) is 26.0 Å². The summed E-state index contributed by atoms with van der Waals surface area (Å²) in [7, 11) is 0. The molecule has 0 fully saturated rings. The summed E-state index contributed by atoms with van der Waals surface area (Å²) in [5, 5.41) is 5.02. The number of amides is 1. The van der Waals surface area contributed by atoms with E-state index in [1.165, 1.54) is 0 Å². The van der Waals surface area contributed by atoms with Crippen molar-refractivity contribution in [1.82, 2.24) is 14.7 Å². The number of fused-ring (bicyclic) bond motifs is 2. The molecule has 0 unspecified atom stereocenters. The van der Waals surface area contributed by atoms with Crippen molar-refractivity contribution in [1.29, 1.82) is 0 Å². The maximum absolute atomic E-state index is 12.7. The zero-order chi connectivity index (χ0) is 21.2. The second kappa shape index (κ2) is 8.43. The Bertz CT molecular complexity index is 1200. The molecule has 3 heterocycles. The van der Waals surface area contributed by atoms with Crippen LogP contribution in [-0.4, -0.2) is 34.5 Å². The van der Waals surface area contributed by atoms with Gasteiger partial charge in [-0.15, -0.1) is 11.3 Å². The molecule has 0 bridgehead atoms. The molecule has 5 rings (SSSR count). The highest BCUT2D eigenvalue weighted by molar-refractivity contribution is 7.15. The molecular weight excluding hydrogens is 408 g/mol. The van der Waals surface area contributed by atoms with Crippen LogP contribution < -0.4 is 15.0 Å². The van der Waals surface area contributed by atoms with Crippen molar-refractivity contribution in [3.05, 3.63) is 71.9 Å². The summed E-state index contributed by atoms with van der Waals surface area (Å²) in [6, 6.07) is 18.2. The maximum Gasteiger partial charge on any atom is 0.262 e. The van der Waals surface area contributed by atoms with Crippen LogP contribution in [0.3, 0.4) is 0 Å². The maximum atomic E-state index is 12.7. The van der Waals surface area contributed by atoms with Gasteiger partial charge in [0.1, 0.15) is 5.75 Å². The molecule has 1 amide bonds. The average molecular weight is 433 g/mol. The molecule has 2 aromatic carbocycles. The predicted molar refractivity (Wildman–Crippen MR) is 124 cm³/mol. The number of carbonyl (C=O) groups is 1. The van der Waals surface area contributed by atoms with E-state index in [9.17, 15) is 4.79 Å². The SMILES string of the molecule is CCCNC(=O)[C@@H]1CN(Cc2c(-c3ccccc3)nc3sccn23)c2ccccc2O1. The number of hydrogen-bond donors (Lipinski definition) is 1. The Kier molecular flexibility index (Phi) is 5.34. The highest BCUT2D eigenvalue weighted by atomic mass is 32.1. The van der Waals surface area contributed by atoms with Gasteiger partial charge in [-0.3, -0.25) is 9.20 Å². The fourth-order valence-corrected chi connectivity index (χ4v) is 4.68. The first kappa shape index (κ1) is 19.6. The Morgan fingerprint density at radius 1 is 1.19 bits per heavy atom. The minimum absolute atomic E-state index is 0.0707. The first-order valence-electron chi connectivity index (χ1n) is 10.5. The standard InChI is InChI=1S/C24H24N4O2S/c1-2-12-25-23(29)21-16-27(18-10-6-7-11-20(18)30-21)15-19-22(17-8-4-3-5-9-17)26-24-28(19)13-14-31-24/h3-11,13-14,21H,2,12,15-16H2,1H3,(H,25,29)/t21-/m0/s1. The van der Waals surface area contributed by atoms with Crippen molar-refractivity contribution in [3.63, 3.8) is 0 Å². The third kappa shape index (κ3) is 3.77. The fraction of sp³-hybridized carbons (Fsp3) is 0.250. The number of anilines is 1. The van der Waals surface area contributed by atoms with Crippen LogP contribution in [0.25, 0.3) is 16.2 Å².